The largest absolute Gasteiger partial charge is 0.395 e. The highest BCUT2D eigenvalue weighted by atomic mass is 19.1. The van der Waals surface area contributed by atoms with Crippen LogP contribution in [0.1, 0.15) is 69.2 Å². The number of aliphatic hydroxyl groups excluding tert-OH is 1. The predicted molar refractivity (Wildman–Crippen MR) is 184 cm³/mol. The normalized spacial score (nSPS) is 17.7. The molecule has 9 heteroatoms. The maximum Gasteiger partial charge on any atom is 0.254 e. The van der Waals surface area contributed by atoms with Crippen LogP contribution in [0.15, 0.2) is 36.7 Å². The number of nitrogens with zero attached hydrogens (tertiary/aromatic N) is 6. The Bertz CT molecular complexity index is 1460. The number of rotatable bonds is 14. The number of hydrogen-bond donors (Lipinski definition) is 1. The maximum atomic E-state index is 14.6. The molecule has 2 aliphatic rings. The Morgan fingerprint density at radius 1 is 1.02 bits per heavy atom. The predicted octanol–water partition coefficient (Wildman–Crippen LogP) is 5.21. The minimum atomic E-state index is -0.403. The highest BCUT2D eigenvalue weighted by Gasteiger charge is 2.34. The summed E-state index contributed by atoms with van der Waals surface area (Å²) in [7, 11) is 0. The number of piperazine rings is 1. The van der Waals surface area contributed by atoms with Gasteiger partial charge in [-0.25, -0.2) is 4.39 Å². The molecule has 2 aliphatic heterocycles. The number of halogens is 1. The molecular formula is C37H55FN6O2. The van der Waals surface area contributed by atoms with Crippen LogP contribution in [-0.4, -0.2) is 118 Å². The summed E-state index contributed by atoms with van der Waals surface area (Å²) in [5, 5.41) is 9.22. The van der Waals surface area contributed by atoms with Gasteiger partial charge in [0.05, 0.1) is 23.9 Å². The summed E-state index contributed by atoms with van der Waals surface area (Å²) in [5.74, 6) is 0.622. The lowest BCUT2D eigenvalue weighted by Gasteiger charge is -2.46. The van der Waals surface area contributed by atoms with Crippen molar-refractivity contribution in [3.63, 3.8) is 0 Å². The summed E-state index contributed by atoms with van der Waals surface area (Å²) < 4.78 is 16.8. The van der Waals surface area contributed by atoms with Crippen LogP contribution < -0.4 is 0 Å². The zero-order chi connectivity index (χ0) is 33.0. The number of aryl methyl sites for hydroxylation is 1. The average molecular weight is 635 g/mol. The van der Waals surface area contributed by atoms with Gasteiger partial charge in [-0.05, 0) is 89.1 Å². The zero-order valence-electron chi connectivity index (χ0n) is 28.9. The van der Waals surface area contributed by atoms with Crippen LogP contribution >= 0.6 is 0 Å². The number of carbonyl (C=O) groups is 1. The molecule has 0 bridgehead atoms. The molecule has 1 amide bonds. The third kappa shape index (κ3) is 7.64. The van der Waals surface area contributed by atoms with E-state index in [-0.39, 0.29) is 18.6 Å². The maximum absolute atomic E-state index is 14.6. The Hall–Kier alpha value is -2.85. The smallest absolute Gasteiger partial charge is 0.254 e. The lowest BCUT2D eigenvalue weighted by atomic mass is 9.87. The summed E-state index contributed by atoms with van der Waals surface area (Å²) in [6.07, 6.45) is 7.15. The topological polar surface area (TPSA) is 67.6 Å². The molecule has 46 heavy (non-hydrogen) atoms. The molecular weight excluding hydrogens is 579 g/mol. The van der Waals surface area contributed by atoms with Gasteiger partial charge >= 0.3 is 0 Å². The molecule has 3 aromatic rings. The summed E-state index contributed by atoms with van der Waals surface area (Å²) in [6.45, 7) is 22.0. The summed E-state index contributed by atoms with van der Waals surface area (Å²) in [4.78, 5) is 27.6. The van der Waals surface area contributed by atoms with Crippen molar-refractivity contribution in [3.8, 4) is 11.1 Å². The lowest BCUT2D eigenvalue weighted by molar-refractivity contribution is 0.0239. The third-order valence-electron chi connectivity index (χ3n) is 10.2. The van der Waals surface area contributed by atoms with E-state index in [1.165, 1.54) is 30.7 Å². The van der Waals surface area contributed by atoms with Crippen molar-refractivity contribution in [2.24, 2.45) is 11.8 Å². The first kappa shape index (κ1) is 34.5. The molecule has 0 saturated carbocycles. The Morgan fingerprint density at radius 3 is 2.35 bits per heavy atom. The minimum Gasteiger partial charge on any atom is -0.395 e. The Balaban J connectivity index is 1.28. The van der Waals surface area contributed by atoms with Crippen LogP contribution in [0.3, 0.4) is 0 Å². The van der Waals surface area contributed by atoms with E-state index in [2.05, 4.69) is 50.9 Å². The Kier molecular flexibility index (Phi) is 11.5. The summed E-state index contributed by atoms with van der Waals surface area (Å²) in [6, 6.07) is 7.42. The number of aliphatic hydroxyl groups is 1. The zero-order valence-corrected chi connectivity index (χ0v) is 28.9. The molecule has 8 nitrogen and oxygen atoms in total. The molecule has 0 unspecified atom stereocenters. The molecule has 5 rings (SSSR count). The lowest BCUT2D eigenvalue weighted by Crippen LogP contribution is -2.54. The van der Waals surface area contributed by atoms with E-state index in [4.69, 9.17) is 0 Å². The second-order valence-electron chi connectivity index (χ2n) is 14.1. The van der Waals surface area contributed by atoms with Gasteiger partial charge in [-0.3, -0.25) is 19.6 Å². The molecule has 2 saturated heterocycles. The fraction of sp³-hybridized carbons (Fsp3) is 0.622. The standard InChI is InChI=1S/C37H55FN6O2/c1-7-43(27(4)5)37(46)34-20-30(38)10-11-32(34)33-21-31(44-28(6)22-39-23-36(33)44)19-29-24-42(25-29)35(26(2)3)9-8-12-40-13-15-41(16-14-40)17-18-45/h10-11,20-23,26-27,29,35,45H,7-9,12-19,24-25H2,1-6H3/t35-/m1/s1. The summed E-state index contributed by atoms with van der Waals surface area (Å²) >= 11 is 0. The van der Waals surface area contributed by atoms with Gasteiger partial charge in [-0.2, -0.15) is 0 Å². The Morgan fingerprint density at radius 2 is 1.72 bits per heavy atom. The van der Waals surface area contributed by atoms with Gasteiger partial charge < -0.3 is 19.3 Å². The first-order valence-electron chi connectivity index (χ1n) is 17.5. The molecule has 0 aliphatic carbocycles. The van der Waals surface area contributed by atoms with Crippen molar-refractivity contribution in [2.75, 3.05) is 65.5 Å². The fourth-order valence-corrected chi connectivity index (χ4v) is 7.73. The molecule has 252 valence electrons. The SMILES string of the molecule is CCN(C(=O)c1cc(F)ccc1-c1cc(CC2CN([C@H](CCCN3CCN(CCO)CC3)C(C)C)C2)n2c(C)cncc12)C(C)C. The first-order valence-corrected chi connectivity index (χ1v) is 17.5. The van der Waals surface area contributed by atoms with Crippen LogP contribution in [0.25, 0.3) is 16.6 Å². The molecule has 1 N–H and O–H groups in total. The quantitative estimate of drug-likeness (QED) is 0.263. The average Bonchev–Trinajstić information content (AvgIpc) is 3.37. The van der Waals surface area contributed by atoms with Crippen molar-refractivity contribution >= 4 is 11.4 Å². The molecule has 2 fully saturated rings. The van der Waals surface area contributed by atoms with E-state index >= 15 is 0 Å². The van der Waals surface area contributed by atoms with Gasteiger partial charge in [0.25, 0.3) is 5.91 Å². The van der Waals surface area contributed by atoms with Gasteiger partial charge in [0, 0.05) is 87.6 Å². The van der Waals surface area contributed by atoms with Gasteiger partial charge in [0.15, 0.2) is 0 Å². The van der Waals surface area contributed by atoms with Crippen LogP contribution in [0.2, 0.25) is 0 Å². The monoisotopic (exact) mass is 634 g/mol. The number of aromatic nitrogens is 2. The van der Waals surface area contributed by atoms with Crippen molar-refractivity contribution < 1.29 is 14.3 Å². The van der Waals surface area contributed by atoms with Crippen molar-refractivity contribution in [1.82, 2.24) is 29.0 Å². The van der Waals surface area contributed by atoms with Crippen LogP contribution in [0.4, 0.5) is 4.39 Å². The van der Waals surface area contributed by atoms with E-state index in [1.54, 1.807) is 11.0 Å². The van der Waals surface area contributed by atoms with E-state index < -0.39 is 5.82 Å². The van der Waals surface area contributed by atoms with Gasteiger partial charge in [0.2, 0.25) is 0 Å². The highest BCUT2D eigenvalue weighted by molar-refractivity contribution is 6.03. The fourth-order valence-electron chi connectivity index (χ4n) is 7.73. The molecule has 4 heterocycles. The number of benzene rings is 1. The van der Waals surface area contributed by atoms with E-state index in [1.807, 2.05) is 33.2 Å². The second kappa shape index (κ2) is 15.4. The number of β-amino-alcohol motifs (C(OH)–C–C–N with tert-alkyl or cyclic N) is 1. The molecule has 1 atom stereocenters. The number of likely N-dealkylation sites (tertiary alicyclic amines) is 1. The number of fused-ring (bicyclic) bond motifs is 1. The van der Waals surface area contributed by atoms with Crippen LogP contribution in [-0.2, 0) is 6.42 Å². The summed E-state index contributed by atoms with van der Waals surface area (Å²) in [5.41, 5.74) is 5.32. The van der Waals surface area contributed by atoms with Crippen LogP contribution in [0.5, 0.6) is 0 Å². The first-order chi connectivity index (χ1) is 22.1. The third-order valence-corrected chi connectivity index (χ3v) is 10.2. The number of hydrogen-bond acceptors (Lipinski definition) is 6. The van der Waals surface area contributed by atoms with Crippen LogP contribution in [0, 0.1) is 24.6 Å². The molecule has 0 radical (unpaired) electrons. The van der Waals surface area contributed by atoms with Crippen molar-refractivity contribution in [1.29, 1.82) is 0 Å². The van der Waals surface area contributed by atoms with E-state index in [0.29, 0.717) is 30.0 Å². The van der Waals surface area contributed by atoms with Crippen molar-refractivity contribution in [3.05, 3.63) is 59.4 Å². The van der Waals surface area contributed by atoms with Gasteiger partial charge in [0.1, 0.15) is 5.82 Å². The Labute approximate surface area is 275 Å². The minimum absolute atomic E-state index is 0.0169. The molecule has 2 aromatic heterocycles. The van der Waals surface area contributed by atoms with Crippen molar-refractivity contribution in [2.45, 2.75) is 72.9 Å². The van der Waals surface area contributed by atoms with Gasteiger partial charge in [-0.15, -0.1) is 0 Å². The van der Waals surface area contributed by atoms with E-state index in [9.17, 15) is 14.3 Å². The highest BCUT2D eigenvalue weighted by Crippen LogP contribution is 2.35. The molecule has 0 spiro atoms. The number of carbonyl (C=O) groups excluding carboxylic acids is 1. The van der Waals surface area contributed by atoms with Gasteiger partial charge in [-0.1, -0.05) is 19.9 Å². The second-order valence-corrected chi connectivity index (χ2v) is 14.1. The molecule has 1 aromatic carbocycles. The number of amides is 1. The van der Waals surface area contributed by atoms with E-state index in [0.717, 1.165) is 81.1 Å².